The molecule has 0 aromatic carbocycles. The van der Waals surface area contributed by atoms with Gasteiger partial charge >= 0.3 is 11.9 Å². The van der Waals surface area contributed by atoms with Gasteiger partial charge in [0.25, 0.3) is 0 Å². The first-order valence-corrected chi connectivity index (χ1v) is 8.46. The summed E-state index contributed by atoms with van der Waals surface area (Å²) in [7, 11) is 0. The van der Waals surface area contributed by atoms with Gasteiger partial charge in [-0.1, -0.05) is 19.3 Å². The van der Waals surface area contributed by atoms with E-state index < -0.39 is 12.6 Å². The van der Waals surface area contributed by atoms with Crippen molar-refractivity contribution in [2.45, 2.75) is 64.4 Å². The van der Waals surface area contributed by atoms with Crippen molar-refractivity contribution in [1.82, 2.24) is 0 Å². The van der Waals surface area contributed by atoms with Gasteiger partial charge in [-0.05, 0) is 31.6 Å². The quantitative estimate of drug-likeness (QED) is 0.470. The summed E-state index contributed by atoms with van der Waals surface area (Å²) in [5, 5.41) is 17.8. The standard InChI is InChI=1S/C17H26O6/c1-11(19)23-14-8-7-12-16(13(20)10-18)17(12,14)9-5-3-2-4-6-15(21)22/h12,14,16,18H,2-10H2,1H3,(H,21,22)/t12-,14?,16-,17+/m1/s1. The molecule has 2 fully saturated rings. The van der Waals surface area contributed by atoms with Crippen LogP contribution in [0.5, 0.6) is 0 Å². The van der Waals surface area contributed by atoms with E-state index in [1.54, 1.807) is 0 Å². The number of carbonyl (C=O) groups is 3. The van der Waals surface area contributed by atoms with E-state index in [1.165, 1.54) is 6.92 Å². The Balaban J connectivity index is 1.89. The van der Waals surface area contributed by atoms with E-state index >= 15 is 0 Å². The van der Waals surface area contributed by atoms with Crippen LogP contribution in [0.15, 0.2) is 0 Å². The van der Waals surface area contributed by atoms with Crippen molar-refractivity contribution in [2.24, 2.45) is 17.3 Å². The lowest BCUT2D eigenvalue weighted by atomic mass is 9.88. The van der Waals surface area contributed by atoms with Crippen LogP contribution in [-0.2, 0) is 19.1 Å². The first-order valence-electron chi connectivity index (χ1n) is 8.46. The Labute approximate surface area is 136 Å². The Kier molecular flexibility index (Phi) is 5.79. The number of ether oxygens (including phenoxy) is 1. The number of fused-ring (bicyclic) bond motifs is 1. The molecule has 2 aliphatic rings. The molecule has 0 amide bonds. The zero-order valence-corrected chi connectivity index (χ0v) is 13.6. The van der Waals surface area contributed by atoms with E-state index in [4.69, 9.17) is 14.9 Å². The maximum absolute atomic E-state index is 12.0. The largest absolute Gasteiger partial charge is 0.481 e. The first kappa shape index (κ1) is 17.9. The van der Waals surface area contributed by atoms with E-state index in [0.717, 1.165) is 38.5 Å². The molecule has 0 saturated heterocycles. The number of hydrogen-bond acceptors (Lipinski definition) is 5. The number of aliphatic carboxylic acids is 1. The molecule has 23 heavy (non-hydrogen) atoms. The SMILES string of the molecule is CC(=O)OC1CC[C@@H]2[C@H](C(=O)CO)[C@]12CCCCCCC(=O)O. The molecule has 2 aliphatic carbocycles. The minimum atomic E-state index is -0.773. The number of carbonyl (C=O) groups excluding carboxylic acids is 2. The molecule has 130 valence electrons. The summed E-state index contributed by atoms with van der Waals surface area (Å²) < 4.78 is 5.45. The van der Waals surface area contributed by atoms with Crippen LogP contribution in [0.1, 0.15) is 58.3 Å². The summed E-state index contributed by atoms with van der Waals surface area (Å²) in [5.74, 6) is -1.18. The van der Waals surface area contributed by atoms with Gasteiger partial charge in [-0.15, -0.1) is 0 Å². The molecule has 0 bridgehead atoms. The molecule has 0 radical (unpaired) electrons. The molecule has 2 rings (SSSR count). The minimum Gasteiger partial charge on any atom is -0.481 e. The maximum atomic E-state index is 12.0. The topological polar surface area (TPSA) is 101 Å². The van der Waals surface area contributed by atoms with Crippen LogP contribution in [-0.4, -0.2) is 40.6 Å². The van der Waals surface area contributed by atoms with Gasteiger partial charge in [-0.25, -0.2) is 0 Å². The van der Waals surface area contributed by atoms with Crippen molar-refractivity contribution in [3.63, 3.8) is 0 Å². The molecule has 6 heteroatoms. The predicted molar refractivity (Wildman–Crippen MR) is 81.6 cm³/mol. The monoisotopic (exact) mass is 326 g/mol. The summed E-state index contributed by atoms with van der Waals surface area (Å²) in [4.78, 5) is 33.8. The average Bonchev–Trinajstić information content (AvgIpc) is 3.01. The van der Waals surface area contributed by atoms with Gasteiger partial charge in [-0.2, -0.15) is 0 Å². The molecule has 0 heterocycles. The van der Waals surface area contributed by atoms with Gasteiger partial charge in [0.2, 0.25) is 0 Å². The second-order valence-corrected chi connectivity index (χ2v) is 6.80. The van der Waals surface area contributed by atoms with Gasteiger partial charge in [0, 0.05) is 24.7 Å². The van der Waals surface area contributed by atoms with Crippen LogP contribution in [0, 0.1) is 17.3 Å². The normalized spacial score (nSPS) is 31.5. The van der Waals surface area contributed by atoms with Crippen molar-refractivity contribution in [3.8, 4) is 0 Å². The number of esters is 1. The fraction of sp³-hybridized carbons (Fsp3) is 0.824. The van der Waals surface area contributed by atoms with Crippen molar-refractivity contribution >= 4 is 17.7 Å². The lowest BCUT2D eigenvalue weighted by molar-refractivity contribution is -0.151. The van der Waals surface area contributed by atoms with Crippen LogP contribution in [0.25, 0.3) is 0 Å². The fourth-order valence-corrected chi connectivity index (χ4v) is 4.57. The predicted octanol–water partition coefficient (Wildman–Crippen LogP) is 1.93. The molecule has 0 aromatic heterocycles. The first-order chi connectivity index (χ1) is 10.9. The number of carboxylic acid groups (broad SMARTS) is 1. The Morgan fingerprint density at radius 2 is 1.83 bits per heavy atom. The average molecular weight is 326 g/mol. The molecule has 2 saturated carbocycles. The number of unbranched alkanes of at least 4 members (excludes halogenated alkanes) is 3. The third-order valence-corrected chi connectivity index (χ3v) is 5.46. The molecule has 1 unspecified atom stereocenters. The third-order valence-electron chi connectivity index (χ3n) is 5.46. The van der Waals surface area contributed by atoms with Crippen molar-refractivity contribution < 1.29 is 29.3 Å². The Hall–Kier alpha value is -1.43. The van der Waals surface area contributed by atoms with Crippen LogP contribution < -0.4 is 0 Å². The fourth-order valence-electron chi connectivity index (χ4n) is 4.57. The number of carboxylic acids is 1. The van der Waals surface area contributed by atoms with Gasteiger partial charge < -0.3 is 14.9 Å². The van der Waals surface area contributed by atoms with Crippen LogP contribution in [0.4, 0.5) is 0 Å². The van der Waals surface area contributed by atoms with Crippen molar-refractivity contribution in [1.29, 1.82) is 0 Å². The number of Topliss-reactive ketones (excluding diaryl/α,β-unsaturated/α-hetero) is 1. The highest BCUT2D eigenvalue weighted by molar-refractivity contribution is 5.87. The Morgan fingerprint density at radius 1 is 1.13 bits per heavy atom. The number of aliphatic hydroxyl groups excluding tert-OH is 1. The molecule has 6 nitrogen and oxygen atoms in total. The highest BCUT2D eigenvalue weighted by atomic mass is 16.5. The Morgan fingerprint density at radius 3 is 2.43 bits per heavy atom. The molecular weight excluding hydrogens is 300 g/mol. The van der Waals surface area contributed by atoms with Crippen molar-refractivity contribution in [2.75, 3.05) is 6.61 Å². The molecule has 4 atom stereocenters. The van der Waals surface area contributed by atoms with Gasteiger partial charge in [0.1, 0.15) is 12.7 Å². The summed E-state index contributed by atoms with van der Waals surface area (Å²) in [6.07, 6.45) is 5.75. The summed E-state index contributed by atoms with van der Waals surface area (Å²) >= 11 is 0. The summed E-state index contributed by atoms with van der Waals surface area (Å²) in [6.45, 7) is 0.937. The summed E-state index contributed by atoms with van der Waals surface area (Å²) in [5.41, 5.74) is -0.279. The van der Waals surface area contributed by atoms with E-state index in [1.807, 2.05) is 0 Å². The number of aliphatic hydroxyl groups is 1. The molecule has 2 N–H and O–H groups in total. The van der Waals surface area contributed by atoms with Crippen LogP contribution >= 0.6 is 0 Å². The van der Waals surface area contributed by atoms with Gasteiger partial charge in [0.05, 0.1) is 0 Å². The lowest BCUT2D eigenvalue weighted by Gasteiger charge is -2.25. The Bertz CT molecular complexity index is 474. The van der Waals surface area contributed by atoms with E-state index in [-0.39, 0.29) is 41.5 Å². The van der Waals surface area contributed by atoms with E-state index in [2.05, 4.69) is 0 Å². The minimum absolute atomic E-state index is 0.141. The number of ketones is 1. The van der Waals surface area contributed by atoms with Crippen molar-refractivity contribution in [3.05, 3.63) is 0 Å². The van der Waals surface area contributed by atoms with Gasteiger partial charge in [-0.3, -0.25) is 14.4 Å². The zero-order chi connectivity index (χ0) is 17.0. The molecular formula is C17H26O6. The maximum Gasteiger partial charge on any atom is 0.303 e. The molecule has 0 aromatic rings. The number of hydrogen-bond donors (Lipinski definition) is 2. The highest BCUT2D eigenvalue weighted by Gasteiger charge is 2.73. The van der Waals surface area contributed by atoms with Crippen LogP contribution in [0.2, 0.25) is 0 Å². The second kappa shape index (κ2) is 7.43. The van der Waals surface area contributed by atoms with Crippen LogP contribution in [0.3, 0.4) is 0 Å². The second-order valence-electron chi connectivity index (χ2n) is 6.80. The lowest BCUT2D eigenvalue weighted by Crippen LogP contribution is -2.30. The van der Waals surface area contributed by atoms with E-state index in [9.17, 15) is 14.4 Å². The third kappa shape index (κ3) is 3.74. The van der Waals surface area contributed by atoms with E-state index in [0.29, 0.717) is 6.42 Å². The molecule has 0 spiro atoms. The smallest absolute Gasteiger partial charge is 0.303 e. The molecule has 0 aliphatic heterocycles. The zero-order valence-electron chi connectivity index (χ0n) is 13.6. The highest BCUT2D eigenvalue weighted by Crippen LogP contribution is 2.71. The number of rotatable bonds is 10. The van der Waals surface area contributed by atoms with Gasteiger partial charge in [0.15, 0.2) is 5.78 Å². The summed E-state index contributed by atoms with van der Waals surface area (Å²) in [6, 6.07) is 0.